The molecule has 11 heteroatoms. The largest absolute Gasteiger partial charge is 0.372 e. The highest BCUT2D eigenvalue weighted by Crippen LogP contribution is 2.32. The molecule has 3 atom stereocenters. The monoisotopic (exact) mass is 491 g/mol. The number of ether oxygens (including phenoxy) is 2. The number of aromatic nitrogens is 5. The van der Waals surface area contributed by atoms with Gasteiger partial charge in [0.05, 0.1) is 16.0 Å². The highest BCUT2D eigenvalue weighted by Gasteiger charge is 2.35. The van der Waals surface area contributed by atoms with E-state index >= 15 is 0 Å². The summed E-state index contributed by atoms with van der Waals surface area (Å²) in [5, 5.41) is 8.05. The van der Waals surface area contributed by atoms with Crippen LogP contribution in [-0.2, 0) is 25.1 Å². The summed E-state index contributed by atoms with van der Waals surface area (Å²) in [6, 6.07) is 7.73. The summed E-state index contributed by atoms with van der Waals surface area (Å²) in [7, 11) is -2.31. The van der Waals surface area contributed by atoms with Crippen molar-refractivity contribution in [2.75, 3.05) is 13.7 Å². The zero-order valence-corrected chi connectivity index (χ0v) is 20.3. The second-order valence-electron chi connectivity index (χ2n) is 8.03. The number of nitrogens with zero attached hydrogens (tertiary/aromatic N) is 5. The molecule has 0 radical (unpaired) electrons. The first kappa shape index (κ1) is 23.7. The second kappa shape index (κ2) is 9.84. The number of hydrogen-bond donors (Lipinski definition) is 0. The Bertz CT molecular complexity index is 1210. The maximum Gasteiger partial charge on any atom is 0.166 e. The topological polar surface area (TPSA) is 109 Å². The first-order chi connectivity index (χ1) is 15.8. The lowest BCUT2D eigenvalue weighted by molar-refractivity contribution is 0.0948. The molecule has 0 amide bonds. The molecule has 1 saturated heterocycles. The van der Waals surface area contributed by atoms with E-state index in [1.54, 1.807) is 6.92 Å². The van der Waals surface area contributed by atoms with Gasteiger partial charge in [-0.2, -0.15) is 0 Å². The van der Waals surface area contributed by atoms with Crippen LogP contribution in [0.2, 0.25) is 5.02 Å². The minimum Gasteiger partial charge on any atom is -0.372 e. The third kappa shape index (κ3) is 4.93. The fourth-order valence-electron chi connectivity index (χ4n) is 3.97. The van der Waals surface area contributed by atoms with Crippen LogP contribution in [0.4, 0.5) is 0 Å². The molecule has 9 nitrogen and oxygen atoms in total. The first-order valence-corrected chi connectivity index (χ1v) is 12.7. The molecule has 33 heavy (non-hydrogen) atoms. The third-order valence-electron chi connectivity index (χ3n) is 5.80. The summed E-state index contributed by atoms with van der Waals surface area (Å²) in [6.45, 7) is 4.19. The molecule has 1 fully saturated rings. The molecule has 3 aromatic rings. The van der Waals surface area contributed by atoms with Crippen molar-refractivity contribution >= 4 is 21.4 Å². The average molecular weight is 492 g/mol. The zero-order chi connectivity index (χ0) is 23.6. The van der Waals surface area contributed by atoms with E-state index in [2.05, 4.69) is 20.2 Å². The van der Waals surface area contributed by atoms with Gasteiger partial charge in [-0.3, -0.25) is 4.57 Å². The number of para-hydroxylation sites is 1. The Morgan fingerprint density at radius 2 is 1.97 bits per heavy atom. The molecule has 3 heterocycles. The van der Waals surface area contributed by atoms with Crippen LogP contribution in [0, 0.1) is 6.92 Å². The lowest BCUT2D eigenvalue weighted by Crippen LogP contribution is -2.30. The van der Waals surface area contributed by atoms with E-state index in [0.717, 1.165) is 24.1 Å². The Balaban J connectivity index is 1.70. The van der Waals surface area contributed by atoms with E-state index in [0.29, 0.717) is 23.3 Å². The minimum absolute atomic E-state index is 0.222. The molecule has 0 aliphatic carbocycles. The van der Waals surface area contributed by atoms with Crippen LogP contribution in [0.25, 0.3) is 5.69 Å². The molecule has 176 valence electrons. The summed E-state index contributed by atoms with van der Waals surface area (Å²) >= 11 is 5.87. The van der Waals surface area contributed by atoms with Crippen molar-refractivity contribution in [3.05, 3.63) is 64.7 Å². The predicted molar refractivity (Wildman–Crippen MR) is 123 cm³/mol. The zero-order valence-electron chi connectivity index (χ0n) is 18.7. The smallest absolute Gasteiger partial charge is 0.166 e. The van der Waals surface area contributed by atoms with Crippen LogP contribution in [0.15, 0.2) is 36.7 Å². The summed E-state index contributed by atoms with van der Waals surface area (Å²) in [5.41, 5.74) is 1.81. The average Bonchev–Trinajstić information content (AvgIpc) is 3.46. The fraction of sp³-hybridized carbons (Fsp3) is 0.455. The van der Waals surface area contributed by atoms with Crippen LogP contribution in [0.1, 0.15) is 55.0 Å². The maximum absolute atomic E-state index is 13.5. The number of aryl methyl sites for hydroxylation is 1. The Hall–Kier alpha value is -2.40. The van der Waals surface area contributed by atoms with E-state index in [1.807, 2.05) is 35.8 Å². The summed E-state index contributed by atoms with van der Waals surface area (Å²) in [5.74, 6) is 0.867. The van der Waals surface area contributed by atoms with Crippen LogP contribution in [0.3, 0.4) is 0 Å². The number of sulfone groups is 1. The van der Waals surface area contributed by atoms with Gasteiger partial charge in [0.15, 0.2) is 27.3 Å². The van der Waals surface area contributed by atoms with E-state index in [4.69, 9.17) is 21.1 Å². The molecule has 0 N–H and O–H groups in total. The normalized spacial score (nSPS) is 18.4. The highest BCUT2D eigenvalue weighted by molar-refractivity contribution is 7.91. The van der Waals surface area contributed by atoms with Gasteiger partial charge in [0.2, 0.25) is 0 Å². The van der Waals surface area contributed by atoms with Gasteiger partial charge in [0, 0.05) is 26.1 Å². The Labute approximate surface area is 198 Å². The first-order valence-electron chi connectivity index (χ1n) is 10.7. The van der Waals surface area contributed by atoms with Gasteiger partial charge in [0.25, 0.3) is 0 Å². The standard InChI is InChI=1S/C22H26ClN5O4S/c1-14-7-4-5-8-17(14)28-19(26-27-22(28)18-9-6-10-32-18)13-33(29,30)15(2)20(31-3)21-24-11-16(23)12-25-21/h4-5,7-8,11-12,15,18,20H,6,9-10,13H2,1-3H3/t15-,18-,20-/m0/s1. The quantitative estimate of drug-likeness (QED) is 0.470. The second-order valence-corrected chi connectivity index (χ2v) is 10.8. The Morgan fingerprint density at radius 3 is 2.61 bits per heavy atom. The van der Waals surface area contributed by atoms with Gasteiger partial charge < -0.3 is 9.47 Å². The molecular formula is C22H26ClN5O4S. The molecule has 2 aromatic heterocycles. The minimum atomic E-state index is -3.74. The summed E-state index contributed by atoms with van der Waals surface area (Å²) in [6.07, 6.45) is 3.48. The molecule has 0 bridgehead atoms. The lowest BCUT2D eigenvalue weighted by atomic mass is 10.1. The van der Waals surface area contributed by atoms with Crippen molar-refractivity contribution in [1.82, 2.24) is 24.7 Å². The predicted octanol–water partition coefficient (Wildman–Crippen LogP) is 3.56. The Morgan fingerprint density at radius 1 is 1.24 bits per heavy atom. The molecule has 1 aliphatic rings. The molecular weight excluding hydrogens is 466 g/mol. The SMILES string of the molecule is CO[C@H](c1ncc(Cl)cn1)[C@H](C)S(=O)(=O)Cc1nnc([C@@H]2CCCO2)n1-c1ccccc1C. The molecule has 1 aliphatic heterocycles. The number of hydrogen-bond acceptors (Lipinski definition) is 8. The summed E-state index contributed by atoms with van der Waals surface area (Å²) < 4.78 is 40.1. The van der Waals surface area contributed by atoms with E-state index in [1.165, 1.54) is 19.5 Å². The number of rotatable bonds is 8. The van der Waals surface area contributed by atoms with Crippen molar-refractivity contribution in [1.29, 1.82) is 0 Å². The third-order valence-corrected chi connectivity index (χ3v) is 8.04. The van der Waals surface area contributed by atoms with Gasteiger partial charge in [-0.25, -0.2) is 18.4 Å². The van der Waals surface area contributed by atoms with Crippen molar-refractivity contribution in [3.8, 4) is 5.69 Å². The molecule has 0 spiro atoms. The van der Waals surface area contributed by atoms with E-state index in [-0.39, 0.29) is 17.7 Å². The van der Waals surface area contributed by atoms with Crippen LogP contribution < -0.4 is 0 Å². The molecule has 0 saturated carbocycles. The van der Waals surface area contributed by atoms with E-state index in [9.17, 15) is 8.42 Å². The molecule has 0 unspecified atom stereocenters. The summed E-state index contributed by atoms with van der Waals surface area (Å²) in [4.78, 5) is 8.28. The number of benzene rings is 1. The highest BCUT2D eigenvalue weighted by atomic mass is 35.5. The van der Waals surface area contributed by atoms with Crippen LogP contribution >= 0.6 is 11.6 Å². The maximum atomic E-state index is 13.5. The van der Waals surface area contributed by atoms with Crippen molar-refractivity contribution in [2.24, 2.45) is 0 Å². The van der Waals surface area contributed by atoms with Gasteiger partial charge >= 0.3 is 0 Å². The van der Waals surface area contributed by atoms with E-state index < -0.39 is 21.2 Å². The number of halogens is 1. The van der Waals surface area contributed by atoms with Gasteiger partial charge in [-0.15, -0.1) is 10.2 Å². The van der Waals surface area contributed by atoms with Gasteiger partial charge in [-0.1, -0.05) is 29.8 Å². The van der Waals surface area contributed by atoms with Gasteiger partial charge in [-0.05, 0) is 38.3 Å². The van der Waals surface area contributed by atoms with Crippen LogP contribution in [0.5, 0.6) is 0 Å². The van der Waals surface area contributed by atoms with Crippen LogP contribution in [-0.4, -0.2) is 52.1 Å². The van der Waals surface area contributed by atoms with Crippen molar-refractivity contribution < 1.29 is 17.9 Å². The Kier molecular flexibility index (Phi) is 7.08. The number of methoxy groups -OCH3 is 1. The van der Waals surface area contributed by atoms with Crippen molar-refractivity contribution in [3.63, 3.8) is 0 Å². The van der Waals surface area contributed by atoms with Gasteiger partial charge in [0.1, 0.15) is 18.0 Å². The lowest BCUT2D eigenvalue weighted by Gasteiger charge is -2.22. The fourth-order valence-corrected chi connectivity index (χ4v) is 5.48. The molecule has 4 rings (SSSR count). The molecule has 1 aromatic carbocycles. The van der Waals surface area contributed by atoms with Crippen molar-refractivity contribution in [2.45, 2.75) is 49.9 Å².